The van der Waals surface area contributed by atoms with E-state index in [0.29, 0.717) is 6.42 Å². The molecular formula is C23H26N6O. The normalized spacial score (nSPS) is 11.1. The zero-order valence-corrected chi connectivity index (χ0v) is 17.8. The lowest BCUT2D eigenvalue weighted by Crippen LogP contribution is -2.23. The maximum atomic E-state index is 5.67. The quantitative estimate of drug-likeness (QED) is 0.467. The van der Waals surface area contributed by atoms with Crippen LogP contribution < -0.4 is 9.64 Å². The first-order chi connectivity index (χ1) is 14.6. The molecule has 7 nitrogen and oxygen atoms in total. The summed E-state index contributed by atoms with van der Waals surface area (Å²) in [4.78, 5) is 16.2. The van der Waals surface area contributed by atoms with E-state index in [1.165, 1.54) is 0 Å². The van der Waals surface area contributed by atoms with Gasteiger partial charge in [0.05, 0.1) is 13.3 Å². The lowest BCUT2D eigenvalue weighted by atomic mass is 10.0. The van der Waals surface area contributed by atoms with Crippen LogP contribution >= 0.6 is 0 Å². The van der Waals surface area contributed by atoms with Gasteiger partial charge in [-0.1, -0.05) is 12.1 Å². The summed E-state index contributed by atoms with van der Waals surface area (Å²) in [6.45, 7) is 6.01. The Hall–Kier alpha value is -3.48. The lowest BCUT2D eigenvalue weighted by molar-refractivity contribution is 0.410. The van der Waals surface area contributed by atoms with Crippen molar-refractivity contribution < 1.29 is 4.74 Å². The summed E-state index contributed by atoms with van der Waals surface area (Å²) in [6, 6.07) is 8.15. The van der Waals surface area contributed by atoms with E-state index in [1.54, 1.807) is 11.8 Å². The van der Waals surface area contributed by atoms with Crippen molar-refractivity contribution in [2.75, 3.05) is 25.1 Å². The highest BCUT2D eigenvalue weighted by Crippen LogP contribution is 2.29. The average molecular weight is 403 g/mol. The van der Waals surface area contributed by atoms with Gasteiger partial charge in [-0.25, -0.2) is 15.0 Å². The van der Waals surface area contributed by atoms with E-state index in [2.05, 4.69) is 45.9 Å². The Morgan fingerprint density at radius 2 is 1.87 bits per heavy atom. The predicted octanol–water partition coefficient (Wildman–Crippen LogP) is 3.87. The van der Waals surface area contributed by atoms with Crippen molar-refractivity contribution in [1.29, 1.82) is 0 Å². The molecule has 0 N–H and O–H groups in total. The third-order valence-electron chi connectivity index (χ3n) is 5.27. The highest BCUT2D eigenvalue weighted by atomic mass is 16.5. The number of rotatable bonds is 7. The van der Waals surface area contributed by atoms with E-state index in [9.17, 15) is 0 Å². The summed E-state index contributed by atoms with van der Waals surface area (Å²) in [6.07, 6.45) is 8.12. The van der Waals surface area contributed by atoms with Gasteiger partial charge in [-0.15, -0.1) is 0 Å². The van der Waals surface area contributed by atoms with Crippen molar-refractivity contribution in [3.63, 3.8) is 0 Å². The smallest absolute Gasteiger partial charge is 0.155 e. The van der Waals surface area contributed by atoms with Crippen molar-refractivity contribution in [2.45, 2.75) is 20.3 Å². The Balaban J connectivity index is 1.69. The van der Waals surface area contributed by atoms with Crippen LogP contribution in [0.2, 0.25) is 0 Å². The van der Waals surface area contributed by atoms with Crippen LogP contribution in [0.1, 0.15) is 25.2 Å². The maximum absolute atomic E-state index is 5.67. The van der Waals surface area contributed by atoms with Crippen molar-refractivity contribution in [2.24, 2.45) is 7.05 Å². The van der Waals surface area contributed by atoms with Crippen molar-refractivity contribution in [3.05, 3.63) is 60.4 Å². The first-order valence-electron chi connectivity index (χ1n) is 10.1. The van der Waals surface area contributed by atoms with Crippen molar-refractivity contribution in [1.82, 2.24) is 24.7 Å². The number of aryl methyl sites for hydroxylation is 1. The van der Waals surface area contributed by atoms with Gasteiger partial charge in [0.1, 0.15) is 17.1 Å². The average Bonchev–Trinajstić information content (AvgIpc) is 3.21. The van der Waals surface area contributed by atoms with E-state index in [1.807, 2.05) is 44.0 Å². The first kappa shape index (κ1) is 19.8. The Morgan fingerprint density at radius 1 is 1.03 bits per heavy atom. The molecule has 3 aromatic heterocycles. The second-order valence-electron chi connectivity index (χ2n) is 7.14. The minimum absolute atomic E-state index is 0.582. The number of benzene rings is 1. The number of hydrogen-bond acceptors (Lipinski definition) is 6. The third-order valence-corrected chi connectivity index (χ3v) is 5.27. The molecule has 4 aromatic rings. The summed E-state index contributed by atoms with van der Waals surface area (Å²) in [5.74, 6) is 2.46. The Kier molecular flexibility index (Phi) is 5.61. The van der Waals surface area contributed by atoms with E-state index < -0.39 is 0 Å². The number of hydrogen-bond donors (Lipinski definition) is 0. The second kappa shape index (κ2) is 8.49. The highest BCUT2D eigenvalue weighted by molar-refractivity contribution is 5.87. The molecule has 0 unspecified atom stereocenters. The van der Waals surface area contributed by atoms with Crippen LogP contribution in [-0.4, -0.2) is 44.9 Å². The molecule has 154 valence electrons. The van der Waals surface area contributed by atoms with Gasteiger partial charge >= 0.3 is 0 Å². The van der Waals surface area contributed by atoms with Gasteiger partial charge in [-0.2, -0.15) is 5.10 Å². The number of anilines is 1. The first-order valence-corrected chi connectivity index (χ1v) is 10.1. The van der Waals surface area contributed by atoms with E-state index >= 15 is 0 Å². The van der Waals surface area contributed by atoms with Crippen LogP contribution in [0.25, 0.3) is 22.0 Å². The Morgan fingerprint density at radius 3 is 2.57 bits per heavy atom. The molecule has 0 saturated carbocycles. The molecule has 30 heavy (non-hydrogen) atoms. The number of fused-ring (bicyclic) bond motifs is 1. The minimum Gasteiger partial charge on any atom is -0.496 e. The Labute approximate surface area is 176 Å². The zero-order valence-electron chi connectivity index (χ0n) is 17.8. The van der Waals surface area contributed by atoms with E-state index in [4.69, 9.17) is 9.72 Å². The number of pyridine rings is 1. The monoisotopic (exact) mass is 402 g/mol. The molecule has 0 radical (unpaired) electrons. The van der Waals surface area contributed by atoms with Gasteiger partial charge in [0.15, 0.2) is 5.82 Å². The molecule has 0 aliphatic rings. The fraction of sp³-hybridized carbons (Fsp3) is 0.304. The van der Waals surface area contributed by atoms with Crippen molar-refractivity contribution >= 4 is 16.7 Å². The molecule has 0 bridgehead atoms. The van der Waals surface area contributed by atoms with Gasteiger partial charge in [-0.3, -0.25) is 4.68 Å². The maximum Gasteiger partial charge on any atom is 0.155 e. The molecule has 0 saturated heterocycles. The summed E-state index contributed by atoms with van der Waals surface area (Å²) in [7, 11) is 3.60. The molecule has 0 spiro atoms. The minimum atomic E-state index is 0.582. The van der Waals surface area contributed by atoms with Crippen LogP contribution in [0.5, 0.6) is 5.75 Å². The van der Waals surface area contributed by atoms with E-state index in [0.717, 1.165) is 58.1 Å². The number of aromatic nitrogens is 5. The van der Waals surface area contributed by atoms with Crippen LogP contribution in [-0.2, 0) is 13.5 Å². The van der Waals surface area contributed by atoms with E-state index in [-0.39, 0.29) is 0 Å². The third kappa shape index (κ3) is 3.83. The molecule has 0 fully saturated rings. The number of nitrogens with zero attached hydrogens (tertiary/aromatic N) is 6. The molecule has 0 amide bonds. The van der Waals surface area contributed by atoms with Crippen molar-refractivity contribution in [3.8, 4) is 16.9 Å². The van der Waals surface area contributed by atoms with Crippen LogP contribution in [0.3, 0.4) is 0 Å². The summed E-state index contributed by atoms with van der Waals surface area (Å²) in [5, 5.41) is 5.24. The Bertz CT molecular complexity index is 1170. The molecular weight excluding hydrogens is 376 g/mol. The van der Waals surface area contributed by atoms with Gasteiger partial charge < -0.3 is 9.64 Å². The number of methoxy groups -OCH3 is 1. The summed E-state index contributed by atoms with van der Waals surface area (Å²) >= 11 is 0. The number of ether oxygens (including phenoxy) is 1. The van der Waals surface area contributed by atoms with Crippen LogP contribution in [0.15, 0.2) is 49.1 Å². The van der Waals surface area contributed by atoms with Crippen LogP contribution in [0.4, 0.5) is 5.82 Å². The SMILES string of the molecule is CCN(CC)c1nccc2cnc(Cc3ccc(-c4cnn(C)c4)cc3OC)nc12. The van der Waals surface area contributed by atoms with Gasteiger partial charge in [0, 0.05) is 61.7 Å². The van der Waals surface area contributed by atoms with Crippen LogP contribution in [0, 0.1) is 0 Å². The molecule has 3 heterocycles. The standard InChI is InChI=1S/C23H26N6O/c1-5-29(6-2)23-22-18(9-10-24-23)13-25-21(27-22)12-17-8-7-16(11-20(17)30-4)19-14-26-28(3)15-19/h7-11,13-15H,5-6,12H2,1-4H3. The fourth-order valence-electron chi connectivity index (χ4n) is 3.63. The molecule has 0 atom stereocenters. The summed E-state index contributed by atoms with van der Waals surface area (Å²) in [5.41, 5.74) is 4.05. The lowest BCUT2D eigenvalue weighted by Gasteiger charge is -2.20. The van der Waals surface area contributed by atoms with Gasteiger partial charge in [0.25, 0.3) is 0 Å². The largest absolute Gasteiger partial charge is 0.496 e. The summed E-state index contributed by atoms with van der Waals surface area (Å²) < 4.78 is 7.46. The second-order valence-corrected chi connectivity index (χ2v) is 7.14. The molecule has 0 aliphatic carbocycles. The molecule has 4 rings (SSSR count). The zero-order chi connectivity index (χ0) is 21.1. The fourth-order valence-corrected chi connectivity index (χ4v) is 3.63. The van der Waals surface area contributed by atoms with Gasteiger partial charge in [0.2, 0.25) is 0 Å². The molecule has 7 heteroatoms. The predicted molar refractivity (Wildman–Crippen MR) is 119 cm³/mol. The van der Waals surface area contributed by atoms with Gasteiger partial charge in [-0.05, 0) is 31.5 Å². The molecule has 0 aliphatic heterocycles. The highest BCUT2D eigenvalue weighted by Gasteiger charge is 2.13. The molecule has 1 aromatic carbocycles. The topological polar surface area (TPSA) is 69.0 Å².